The minimum Gasteiger partial charge on any atom is -0.488 e. The van der Waals surface area contributed by atoms with Crippen LogP contribution in [0.25, 0.3) is 0 Å². The Morgan fingerprint density at radius 3 is 2.84 bits per heavy atom. The van der Waals surface area contributed by atoms with Gasteiger partial charge >= 0.3 is 6.09 Å². The van der Waals surface area contributed by atoms with Crippen LogP contribution in [0.1, 0.15) is 5.56 Å². The maximum Gasteiger partial charge on any atom is 0.407 e. The SMILES string of the molecule is Cc1ccc(OCC2CNC(=O)O2)c(S(=O)(=O)Cl)c1. The highest BCUT2D eigenvalue weighted by molar-refractivity contribution is 8.13. The Labute approximate surface area is 115 Å². The van der Waals surface area contributed by atoms with Gasteiger partial charge < -0.3 is 14.8 Å². The molecule has 0 spiro atoms. The van der Waals surface area contributed by atoms with Gasteiger partial charge in [0.1, 0.15) is 17.3 Å². The lowest BCUT2D eigenvalue weighted by Gasteiger charge is -2.12. The van der Waals surface area contributed by atoms with Crippen molar-refractivity contribution < 1.29 is 22.7 Å². The molecule has 1 heterocycles. The zero-order valence-corrected chi connectivity index (χ0v) is 11.6. The Hall–Kier alpha value is -1.47. The maximum atomic E-state index is 11.4. The van der Waals surface area contributed by atoms with E-state index < -0.39 is 21.2 Å². The van der Waals surface area contributed by atoms with Crippen molar-refractivity contribution in [2.75, 3.05) is 13.2 Å². The molecule has 0 aromatic heterocycles. The molecule has 0 bridgehead atoms. The first kappa shape index (κ1) is 14.0. The van der Waals surface area contributed by atoms with Crippen molar-refractivity contribution in [3.8, 4) is 5.75 Å². The number of benzene rings is 1. The number of ether oxygens (including phenoxy) is 2. The minimum atomic E-state index is -3.89. The lowest BCUT2D eigenvalue weighted by Crippen LogP contribution is -2.22. The Bertz CT molecular complexity index is 601. The second kappa shape index (κ2) is 5.26. The number of nitrogens with one attached hydrogen (secondary N) is 1. The van der Waals surface area contributed by atoms with Crippen molar-refractivity contribution in [1.29, 1.82) is 0 Å². The molecule has 1 fully saturated rings. The fourth-order valence-electron chi connectivity index (χ4n) is 1.63. The first-order valence-electron chi connectivity index (χ1n) is 5.49. The van der Waals surface area contributed by atoms with Crippen molar-refractivity contribution >= 4 is 25.8 Å². The fraction of sp³-hybridized carbons (Fsp3) is 0.364. The monoisotopic (exact) mass is 305 g/mol. The summed E-state index contributed by atoms with van der Waals surface area (Å²) in [5.74, 6) is 0.142. The van der Waals surface area contributed by atoms with Gasteiger partial charge in [-0.05, 0) is 24.6 Å². The van der Waals surface area contributed by atoms with E-state index in [4.69, 9.17) is 20.2 Å². The van der Waals surface area contributed by atoms with Gasteiger partial charge in [0.2, 0.25) is 0 Å². The van der Waals surface area contributed by atoms with E-state index in [0.29, 0.717) is 6.54 Å². The zero-order chi connectivity index (χ0) is 14.0. The van der Waals surface area contributed by atoms with Crippen molar-refractivity contribution in [3.63, 3.8) is 0 Å². The molecule has 1 saturated heterocycles. The van der Waals surface area contributed by atoms with Crippen LogP contribution in [0.5, 0.6) is 5.75 Å². The summed E-state index contributed by atoms with van der Waals surface area (Å²) in [4.78, 5) is 10.7. The highest BCUT2D eigenvalue weighted by Crippen LogP contribution is 2.28. The van der Waals surface area contributed by atoms with Crippen LogP contribution in [0.15, 0.2) is 23.1 Å². The molecule has 1 aromatic rings. The maximum absolute atomic E-state index is 11.4. The van der Waals surface area contributed by atoms with Crippen LogP contribution in [0.4, 0.5) is 4.79 Å². The van der Waals surface area contributed by atoms with Gasteiger partial charge in [0.25, 0.3) is 9.05 Å². The summed E-state index contributed by atoms with van der Waals surface area (Å²) in [5.41, 5.74) is 0.750. The van der Waals surface area contributed by atoms with Crippen LogP contribution < -0.4 is 10.1 Å². The molecule has 0 aliphatic carbocycles. The average Bonchev–Trinajstić information content (AvgIpc) is 2.72. The number of carbonyl (C=O) groups is 1. The molecule has 1 aliphatic rings. The number of alkyl carbamates (subject to hydrolysis) is 1. The molecule has 1 N–H and O–H groups in total. The third-order valence-corrected chi connectivity index (χ3v) is 3.88. The molecule has 1 amide bonds. The number of amides is 1. The molecule has 8 heteroatoms. The summed E-state index contributed by atoms with van der Waals surface area (Å²) < 4.78 is 33.1. The number of rotatable bonds is 4. The number of hydrogen-bond donors (Lipinski definition) is 1. The number of aryl methyl sites for hydroxylation is 1. The van der Waals surface area contributed by atoms with E-state index in [1.165, 1.54) is 12.1 Å². The van der Waals surface area contributed by atoms with E-state index in [9.17, 15) is 13.2 Å². The van der Waals surface area contributed by atoms with Crippen LogP contribution >= 0.6 is 10.7 Å². The molecular weight excluding hydrogens is 294 g/mol. The van der Waals surface area contributed by atoms with Gasteiger partial charge in [-0.3, -0.25) is 0 Å². The van der Waals surface area contributed by atoms with Crippen molar-refractivity contribution in [2.45, 2.75) is 17.9 Å². The summed E-state index contributed by atoms with van der Waals surface area (Å²) in [7, 11) is 1.46. The Kier molecular flexibility index (Phi) is 3.86. The van der Waals surface area contributed by atoms with Crippen molar-refractivity contribution in [3.05, 3.63) is 23.8 Å². The third-order valence-electron chi connectivity index (χ3n) is 2.53. The normalized spacial score (nSPS) is 18.8. The van der Waals surface area contributed by atoms with Gasteiger partial charge in [-0.1, -0.05) is 6.07 Å². The molecule has 19 heavy (non-hydrogen) atoms. The number of cyclic esters (lactones) is 1. The van der Waals surface area contributed by atoms with E-state index in [2.05, 4.69) is 5.32 Å². The second-order valence-electron chi connectivity index (χ2n) is 4.11. The molecule has 0 saturated carbocycles. The molecule has 2 rings (SSSR count). The standard InChI is InChI=1S/C11H12ClNO5S/c1-7-2-3-9(10(4-7)19(12,15)16)17-6-8-5-13-11(14)18-8/h2-4,8H,5-6H2,1H3,(H,13,14). The molecular formula is C11H12ClNO5S. The Balaban J connectivity index is 2.14. The summed E-state index contributed by atoms with van der Waals surface area (Å²) in [6.07, 6.45) is -0.956. The van der Waals surface area contributed by atoms with E-state index in [1.54, 1.807) is 13.0 Å². The van der Waals surface area contributed by atoms with Gasteiger partial charge in [0, 0.05) is 10.7 Å². The fourth-order valence-corrected chi connectivity index (χ4v) is 2.69. The van der Waals surface area contributed by atoms with E-state index in [0.717, 1.165) is 5.56 Å². The molecule has 1 unspecified atom stereocenters. The summed E-state index contributed by atoms with van der Waals surface area (Å²) >= 11 is 0. The summed E-state index contributed by atoms with van der Waals surface area (Å²) in [6, 6.07) is 4.66. The van der Waals surface area contributed by atoms with Gasteiger partial charge in [-0.2, -0.15) is 0 Å². The van der Waals surface area contributed by atoms with Gasteiger partial charge in [-0.25, -0.2) is 13.2 Å². The van der Waals surface area contributed by atoms with Crippen LogP contribution in [0.2, 0.25) is 0 Å². The lowest BCUT2D eigenvalue weighted by molar-refractivity contribution is 0.104. The molecule has 1 atom stereocenters. The first-order chi connectivity index (χ1) is 8.86. The van der Waals surface area contributed by atoms with E-state index >= 15 is 0 Å². The third kappa shape index (κ3) is 3.51. The van der Waals surface area contributed by atoms with E-state index in [-0.39, 0.29) is 17.3 Å². The first-order valence-corrected chi connectivity index (χ1v) is 7.80. The van der Waals surface area contributed by atoms with Crippen LogP contribution in [0.3, 0.4) is 0 Å². The highest BCUT2D eigenvalue weighted by Gasteiger charge is 2.24. The van der Waals surface area contributed by atoms with Crippen LogP contribution in [-0.4, -0.2) is 33.8 Å². The van der Waals surface area contributed by atoms with Crippen molar-refractivity contribution in [2.24, 2.45) is 0 Å². The van der Waals surface area contributed by atoms with Crippen LogP contribution in [-0.2, 0) is 13.8 Å². The zero-order valence-electron chi connectivity index (χ0n) is 10.1. The van der Waals surface area contributed by atoms with Gasteiger partial charge in [-0.15, -0.1) is 0 Å². The quantitative estimate of drug-likeness (QED) is 0.851. The predicted molar refractivity (Wildman–Crippen MR) is 68.0 cm³/mol. The smallest absolute Gasteiger partial charge is 0.407 e. The van der Waals surface area contributed by atoms with Gasteiger partial charge in [0.15, 0.2) is 6.10 Å². The average molecular weight is 306 g/mol. The number of halogens is 1. The Morgan fingerprint density at radius 1 is 1.53 bits per heavy atom. The molecule has 1 aliphatic heterocycles. The van der Waals surface area contributed by atoms with Gasteiger partial charge in [0.05, 0.1) is 6.54 Å². The largest absolute Gasteiger partial charge is 0.488 e. The molecule has 104 valence electrons. The number of carbonyl (C=O) groups excluding carboxylic acids is 1. The minimum absolute atomic E-state index is 0.0568. The molecule has 6 nitrogen and oxygen atoms in total. The Morgan fingerprint density at radius 2 is 2.26 bits per heavy atom. The van der Waals surface area contributed by atoms with Crippen LogP contribution in [0, 0.1) is 6.92 Å². The second-order valence-corrected chi connectivity index (χ2v) is 6.64. The van der Waals surface area contributed by atoms with Crippen molar-refractivity contribution in [1.82, 2.24) is 5.32 Å². The molecule has 1 aromatic carbocycles. The topological polar surface area (TPSA) is 81.7 Å². The molecule has 0 radical (unpaired) electrons. The summed E-state index contributed by atoms with van der Waals surface area (Å²) in [6.45, 7) is 2.13. The van der Waals surface area contributed by atoms with E-state index in [1.807, 2.05) is 0 Å². The predicted octanol–water partition coefficient (Wildman–Crippen LogP) is 1.41. The lowest BCUT2D eigenvalue weighted by atomic mass is 10.2. The highest BCUT2D eigenvalue weighted by atomic mass is 35.7. The number of hydrogen-bond acceptors (Lipinski definition) is 5. The summed E-state index contributed by atoms with van der Waals surface area (Å²) in [5, 5.41) is 2.47.